The molecule has 0 fully saturated rings. The summed E-state index contributed by atoms with van der Waals surface area (Å²) in [6.07, 6.45) is 0.290. The molecule has 178 valence electrons. The van der Waals surface area contributed by atoms with Crippen LogP contribution >= 0.6 is 0 Å². The van der Waals surface area contributed by atoms with Crippen LogP contribution in [0, 0.1) is 0 Å². The fourth-order valence-corrected chi connectivity index (χ4v) is 2.91. The van der Waals surface area contributed by atoms with E-state index in [9.17, 15) is 24.3 Å². The molecule has 1 aromatic carbocycles. The standard InChI is InChI=1S/C21H33N5O6/c1-13(27)18(21(31)32)26-20(30)16(9-5-6-10-22)25-17(28)12-24-19(29)15(23)11-14-7-3-2-4-8-14/h2-4,7-8,13,15-16,18,27H,5-6,9-12,22-23H2,1H3,(H,24,29)(H,25,28)(H,26,30)(H,31,32). The van der Waals surface area contributed by atoms with Gasteiger partial charge in [0, 0.05) is 0 Å². The van der Waals surface area contributed by atoms with E-state index in [-0.39, 0.29) is 6.42 Å². The van der Waals surface area contributed by atoms with Crippen molar-refractivity contribution in [1.29, 1.82) is 0 Å². The number of carbonyl (C=O) groups excluding carboxylic acids is 3. The number of aliphatic hydroxyl groups excluding tert-OH is 1. The molecule has 32 heavy (non-hydrogen) atoms. The van der Waals surface area contributed by atoms with Crippen molar-refractivity contribution >= 4 is 23.7 Å². The number of unbranched alkanes of at least 4 members (excludes halogenated alkanes) is 1. The molecule has 0 aliphatic carbocycles. The molecule has 0 aliphatic rings. The van der Waals surface area contributed by atoms with Crippen LogP contribution in [-0.4, -0.2) is 71.2 Å². The molecule has 1 aromatic rings. The Kier molecular flexibility index (Phi) is 11.9. The van der Waals surface area contributed by atoms with Crippen molar-refractivity contribution in [2.75, 3.05) is 13.1 Å². The number of carboxylic acids is 1. The summed E-state index contributed by atoms with van der Waals surface area (Å²) < 4.78 is 0. The molecule has 0 saturated heterocycles. The highest BCUT2D eigenvalue weighted by Crippen LogP contribution is 2.04. The minimum Gasteiger partial charge on any atom is -0.480 e. The molecule has 0 aliphatic heterocycles. The van der Waals surface area contributed by atoms with Crippen LogP contribution in [0.1, 0.15) is 31.7 Å². The van der Waals surface area contributed by atoms with Gasteiger partial charge in [-0.15, -0.1) is 0 Å². The van der Waals surface area contributed by atoms with Gasteiger partial charge in [-0.2, -0.15) is 0 Å². The lowest BCUT2D eigenvalue weighted by molar-refractivity contribution is -0.145. The predicted molar refractivity (Wildman–Crippen MR) is 117 cm³/mol. The number of hydrogen-bond acceptors (Lipinski definition) is 7. The largest absolute Gasteiger partial charge is 0.480 e. The van der Waals surface area contributed by atoms with Gasteiger partial charge in [-0.3, -0.25) is 14.4 Å². The minimum atomic E-state index is -1.52. The minimum absolute atomic E-state index is 0.211. The van der Waals surface area contributed by atoms with E-state index in [0.717, 1.165) is 5.56 Å². The van der Waals surface area contributed by atoms with Gasteiger partial charge in [0.25, 0.3) is 0 Å². The lowest BCUT2D eigenvalue weighted by Crippen LogP contribution is -2.56. The van der Waals surface area contributed by atoms with Crippen LogP contribution in [0.25, 0.3) is 0 Å². The number of carbonyl (C=O) groups is 4. The van der Waals surface area contributed by atoms with Crippen LogP contribution in [0.5, 0.6) is 0 Å². The first-order valence-electron chi connectivity index (χ1n) is 10.4. The van der Waals surface area contributed by atoms with Crippen LogP contribution in [0.3, 0.4) is 0 Å². The Morgan fingerprint density at radius 2 is 1.69 bits per heavy atom. The second-order valence-electron chi connectivity index (χ2n) is 7.48. The predicted octanol–water partition coefficient (Wildman–Crippen LogP) is -1.76. The lowest BCUT2D eigenvalue weighted by Gasteiger charge is -2.23. The number of nitrogens with two attached hydrogens (primary N) is 2. The van der Waals surface area contributed by atoms with Gasteiger partial charge in [-0.25, -0.2) is 4.79 Å². The van der Waals surface area contributed by atoms with Gasteiger partial charge < -0.3 is 37.6 Å². The molecule has 1 rings (SSSR count). The highest BCUT2D eigenvalue weighted by atomic mass is 16.4. The van der Waals surface area contributed by atoms with Gasteiger partial charge in [0.05, 0.1) is 18.7 Å². The summed E-state index contributed by atoms with van der Waals surface area (Å²) in [7, 11) is 0. The molecule has 11 heteroatoms. The number of rotatable bonds is 14. The van der Waals surface area contributed by atoms with Gasteiger partial charge in [0.2, 0.25) is 17.7 Å². The maximum Gasteiger partial charge on any atom is 0.328 e. The van der Waals surface area contributed by atoms with E-state index >= 15 is 0 Å². The van der Waals surface area contributed by atoms with Crippen molar-refractivity contribution in [3.05, 3.63) is 35.9 Å². The molecule has 0 heterocycles. The normalized spacial score (nSPS) is 14.5. The van der Waals surface area contributed by atoms with Crippen molar-refractivity contribution in [3.8, 4) is 0 Å². The number of carboxylic acid groups (broad SMARTS) is 1. The molecule has 9 N–H and O–H groups in total. The van der Waals surface area contributed by atoms with Crippen LogP contribution in [0.4, 0.5) is 0 Å². The Hall–Kier alpha value is -3.02. The summed E-state index contributed by atoms with van der Waals surface area (Å²) in [5.74, 6) is -3.31. The number of amides is 3. The number of aliphatic carboxylic acids is 1. The summed E-state index contributed by atoms with van der Waals surface area (Å²) in [6, 6.07) is 5.75. The molecule has 4 atom stereocenters. The highest BCUT2D eigenvalue weighted by molar-refractivity contribution is 5.92. The zero-order valence-corrected chi connectivity index (χ0v) is 18.1. The Bertz CT molecular complexity index is 758. The topological polar surface area (TPSA) is 197 Å². The third-order valence-electron chi connectivity index (χ3n) is 4.70. The molecule has 0 aromatic heterocycles. The Labute approximate surface area is 186 Å². The van der Waals surface area contributed by atoms with E-state index in [1.807, 2.05) is 30.3 Å². The van der Waals surface area contributed by atoms with Crippen molar-refractivity contribution in [2.24, 2.45) is 11.5 Å². The smallest absolute Gasteiger partial charge is 0.328 e. The number of benzene rings is 1. The Balaban J connectivity index is 2.63. The molecular formula is C21H33N5O6. The average Bonchev–Trinajstić information content (AvgIpc) is 2.75. The van der Waals surface area contributed by atoms with Gasteiger partial charge in [0.1, 0.15) is 6.04 Å². The third kappa shape index (κ3) is 9.86. The van der Waals surface area contributed by atoms with E-state index in [0.29, 0.717) is 25.8 Å². The first-order valence-corrected chi connectivity index (χ1v) is 10.4. The zero-order valence-electron chi connectivity index (χ0n) is 18.1. The van der Waals surface area contributed by atoms with E-state index < -0.39 is 54.5 Å². The monoisotopic (exact) mass is 451 g/mol. The van der Waals surface area contributed by atoms with Crippen LogP contribution in [-0.2, 0) is 25.6 Å². The van der Waals surface area contributed by atoms with Crippen LogP contribution in [0.15, 0.2) is 30.3 Å². The second kappa shape index (κ2) is 14.1. The van der Waals surface area contributed by atoms with Crippen LogP contribution in [0.2, 0.25) is 0 Å². The number of nitrogens with one attached hydrogen (secondary N) is 3. The van der Waals surface area contributed by atoms with Crippen molar-refractivity contribution in [3.63, 3.8) is 0 Å². The van der Waals surface area contributed by atoms with Gasteiger partial charge in [-0.05, 0) is 44.7 Å². The van der Waals surface area contributed by atoms with Gasteiger partial charge in [0.15, 0.2) is 6.04 Å². The molecule has 0 saturated carbocycles. The summed E-state index contributed by atoms with van der Waals surface area (Å²) in [5, 5.41) is 25.8. The summed E-state index contributed by atoms with van der Waals surface area (Å²) in [6.45, 7) is 1.22. The molecule has 0 radical (unpaired) electrons. The van der Waals surface area contributed by atoms with E-state index in [2.05, 4.69) is 16.0 Å². The quantitative estimate of drug-likeness (QED) is 0.161. The highest BCUT2D eigenvalue weighted by Gasteiger charge is 2.29. The summed E-state index contributed by atoms with van der Waals surface area (Å²) in [4.78, 5) is 48.2. The van der Waals surface area contributed by atoms with Gasteiger partial charge >= 0.3 is 5.97 Å². The maximum absolute atomic E-state index is 12.5. The molecular weight excluding hydrogens is 418 g/mol. The summed E-state index contributed by atoms with van der Waals surface area (Å²) in [5.41, 5.74) is 12.2. The van der Waals surface area contributed by atoms with Crippen molar-refractivity contribution < 1.29 is 29.4 Å². The number of aliphatic hydroxyl groups is 1. The molecule has 0 bridgehead atoms. The van der Waals surface area contributed by atoms with Crippen molar-refractivity contribution in [1.82, 2.24) is 16.0 Å². The lowest BCUT2D eigenvalue weighted by atomic mass is 10.1. The zero-order chi connectivity index (χ0) is 24.1. The van der Waals surface area contributed by atoms with E-state index in [4.69, 9.17) is 16.6 Å². The first kappa shape index (κ1) is 27.0. The third-order valence-corrected chi connectivity index (χ3v) is 4.70. The van der Waals surface area contributed by atoms with Crippen molar-refractivity contribution in [2.45, 2.75) is 56.8 Å². The second-order valence-corrected chi connectivity index (χ2v) is 7.48. The Morgan fingerprint density at radius 1 is 1.03 bits per heavy atom. The average molecular weight is 452 g/mol. The fourth-order valence-electron chi connectivity index (χ4n) is 2.91. The Morgan fingerprint density at radius 3 is 2.25 bits per heavy atom. The van der Waals surface area contributed by atoms with E-state index in [1.54, 1.807) is 0 Å². The maximum atomic E-state index is 12.5. The van der Waals surface area contributed by atoms with E-state index in [1.165, 1.54) is 6.92 Å². The molecule has 4 unspecified atom stereocenters. The van der Waals surface area contributed by atoms with Crippen LogP contribution < -0.4 is 27.4 Å². The summed E-state index contributed by atoms with van der Waals surface area (Å²) >= 11 is 0. The SMILES string of the molecule is CC(O)C(NC(=O)C(CCCCN)NC(=O)CNC(=O)C(N)Cc1ccccc1)C(=O)O. The first-order chi connectivity index (χ1) is 15.1. The van der Waals surface area contributed by atoms with Gasteiger partial charge in [-0.1, -0.05) is 30.3 Å². The fraction of sp³-hybridized carbons (Fsp3) is 0.524. The molecule has 11 nitrogen and oxygen atoms in total. The molecule has 0 spiro atoms. The molecule has 3 amide bonds. The number of hydrogen-bond donors (Lipinski definition) is 7.